The van der Waals surface area contributed by atoms with Gasteiger partial charge in [-0.2, -0.15) is 0 Å². The first-order valence-corrected chi connectivity index (χ1v) is 7.38. The zero-order chi connectivity index (χ0) is 13.8. The Labute approximate surface area is 115 Å². The molecule has 5 nitrogen and oxygen atoms in total. The molecule has 110 valence electrons. The molecule has 2 rings (SSSR count). The third-order valence-electron chi connectivity index (χ3n) is 4.09. The van der Waals surface area contributed by atoms with Gasteiger partial charge in [-0.1, -0.05) is 6.42 Å². The second kappa shape index (κ2) is 6.68. The number of ether oxygens (including phenoxy) is 1. The molecule has 0 radical (unpaired) electrons. The van der Waals surface area contributed by atoms with Crippen molar-refractivity contribution in [2.24, 2.45) is 0 Å². The van der Waals surface area contributed by atoms with Gasteiger partial charge in [0.2, 0.25) is 5.91 Å². The Morgan fingerprint density at radius 1 is 1.32 bits per heavy atom. The summed E-state index contributed by atoms with van der Waals surface area (Å²) in [5.74, 6) is 0.169. The first kappa shape index (κ1) is 14.8. The Balaban J connectivity index is 1.87. The zero-order valence-electron chi connectivity index (χ0n) is 12.0. The number of amides is 1. The number of hydrogen-bond donors (Lipinski definition) is 1. The molecule has 1 N–H and O–H groups in total. The van der Waals surface area contributed by atoms with Crippen LogP contribution >= 0.6 is 0 Å². The van der Waals surface area contributed by atoms with Crippen LogP contribution in [0.1, 0.15) is 33.1 Å². The summed E-state index contributed by atoms with van der Waals surface area (Å²) in [6.07, 6.45) is 3.78. The van der Waals surface area contributed by atoms with E-state index < -0.39 is 0 Å². The standard InChI is InChI=1S/C14H26N2O3/c1-11-8-16(9-12(2)19-11)14(18)10-15(6-7-17)13-4-3-5-13/h11-13,17H,3-10H2,1-2H3. The number of hydrogen-bond acceptors (Lipinski definition) is 4. The van der Waals surface area contributed by atoms with E-state index in [9.17, 15) is 4.79 Å². The second-order valence-corrected chi connectivity index (χ2v) is 5.83. The highest BCUT2D eigenvalue weighted by molar-refractivity contribution is 5.78. The molecule has 0 spiro atoms. The van der Waals surface area contributed by atoms with E-state index >= 15 is 0 Å². The largest absolute Gasteiger partial charge is 0.395 e. The van der Waals surface area contributed by atoms with E-state index in [1.165, 1.54) is 6.42 Å². The normalized spacial score (nSPS) is 28.5. The van der Waals surface area contributed by atoms with E-state index in [4.69, 9.17) is 9.84 Å². The molecule has 0 aromatic heterocycles. The molecule has 5 heteroatoms. The van der Waals surface area contributed by atoms with Gasteiger partial charge >= 0.3 is 0 Å². The molecular weight excluding hydrogens is 244 g/mol. The van der Waals surface area contributed by atoms with Crippen LogP contribution in [0.3, 0.4) is 0 Å². The predicted molar refractivity (Wildman–Crippen MR) is 72.9 cm³/mol. The first-order valence-electron chi connectivity index (χ1n) is 7.38. The first-order chi connectivity index (χ1) is 9.10. The lowest BCUT2D eigenvalue weighted by molar-refractivity contribution is -0.145. The van der Waals surface area contributed by atoms with Crippen molar-refractivity contribution >= 4 is 5.91 Å². The molecule has 2 aliphatic rings. The molecule has 1 aliphatic heterocycles. The third kappa shape index (κ3) is 3.91. The van der Waals surface area contributed by atoms with Crippen molar-refractivity contribution in [3.8, 4) is 0 Å². The average molecular weight is 270 g/mol. The van der Waals surface area contributed by atoms with Gasteiger partial charge in [0.25, 0.3) is 0 Å². The monoisotopic (exact) mass is 270 g/mol. The highest BCUT2D eigenvalue weighted by Crippen LogP contribution is 2.24. The summed E-state index contributed by atoms with van der Waals surface area (Å²) in [7, 11) is 0. The molecule has 1 saturated carbocycles. The van der Waals surface area contributed by atoms with Gasteiger partial charge in [-0.15, -0.1) is 0 Å². The van der Waals surface area contributed by atoms with Crippen LogP contribution in [0.15, 0.2) is 0 Å². The van der Waals surface area contributed by atoms with Crippen LogP contribution in [-0.2, 0) is 9.53 Å². The van der Waals surface area contributed by atoms with E-state index in [2.05, 4.69) is 4.90 Å². The van der Waals surface area contributed by atoms with Crippen molar-refractivity contribution in [1.82, 2.24) is 9.80 Å². The zero-order valence-corrected chi connectivity index (χ0v) is 12.0. The van der Waals surface area contributed by atoms with Gasteiger partial charge in [0.15, 0.2) is 0 Å². The molecule has 1 aliphatic carbocycles. The van der Waals surface area contributed by atoms with Crippen LogP contribution in [0.5, 0.6) is 0 Å². The van der Waals surface area contributed by atoms with Crippen molar-refractivity contribution in [3.63, 3.8) is 0 Å². The van der Waals surface area contributed by atoms with Crippen molar-refractivity contribution < 1.29 is 14.6 Å². The Morgan fingerprint density at radius 2 is 1.95 bits per heavy atom. The lowest BCUT2D eigenvalue weighted by Crippen LogP contribution is -2.53. The van der Waals surface area contributed by atoms with E-state index in [0.29, 0.717) is 32.2 Å². The summed E-state index contributed by atoms with van der Waals surface area (Å²) in [5.41, 5.74) is 0. The fraction of sp³-hybridized carbons (Fsp3) is 0.929. The molecule has 1 amide bonds. The van der Waals surface area contributed by atoms with E-state index in [1.807, 2.05) is 18.7 Å². The molecule has 2 atom stereocenters. The van der Waals surface area contributed by atoms with E-state index in [-0.39, 0.29) is 24.7 Å². The van der Waals surface area contributed by atoms with Gasteiger partial charge in [-0.3, -0.25) is 9.69 Å². The summed E-state index contributed by atoms with van der Waals surface area (Å²) in [6, 6.07) is 0.493. The number of carbonyl (C=O) groups is 1. The van der Waals surface area contributed by atoms with E-state index in [0.717, 1.165) is 12.8 Å². The fourth-order valence-electron chi connectivity index (χ4n) is 2.93. The second-order valence-electron chi connectivity index (χ2n) is 5.83. The third-order valence-corrected chi connectivity index (χ3v) is 4.09. The Hall–Kier alpha value is -0.650. The molecule has 1 heterocycles. The Bertz CT molecular complexity index is 297. The van der Waals surface area contributed by atoms with Gasteiger partial charge < -0.3 is 14.7 Å². The Kier molecular flexibility index (Phi) is 5.19. The molecule has 2 fully saturated rings. The van der Waals surface area contributed by atoms with Gasteiger partial charge in [0, 0.05) is 25.7 Å². The molecule has 0 aromatic rings. The molecule has 2 unspecified atom stereocenters. The van der Waals surface area contributed by atoms with Crippen LogP contribution in [0.25, 0.3) is 0 Å². The topological polar surface area (TPSA) is 53.0 Å². The van der Waals surface area contributed by atoms with Gasteiger partial charge in [-0.25, -0.2) is 0 Å². The maximum Gasteiger partial charge on any atom is 0.236 e. The minimum absolute atomic E-state index is 0.114. The molecule has 1 saturated heterocycles. The van der Waals surface area contributed by atoms with Gasteiger partial charge in [0.1, 0.15) is 0 Å². The summed E-state index contributed by atoms with van der Waals surface area (Å²) in [6.45, 7) is 6.54. The van der Waals surface area contributed by atoms with Crippen LogP contribution in [0, 0.1) is 0 Å². The van der Waals surface area contributed by atoms with Gasteiger partial charge in [0.05, 0.1) is 25.4 Å². The number of morpholine rings is 1. The summed E-state index contributed by atoms with van der Waals surface area (Å²) >= 11 is 0. The fourth-order valence-corrected chi connectivity index (χ4v) is 2.93. The average Bonchev–Trinajstić information content (AvgIpc) is 2.25. The minimum Gasteiger partial charge on any atom is -0.395 e. The lowest BCUT2D eigenvalue weighted by atomic mass is 9.91. The molecular formula is C14H26N2O3. The predicted octanol–water partition coefficient (Wildman–Crippen LogP) is 0.469. The number of aliphatic hydroxyl groups is 1. The van der Waals surface area contributed by atoms with Crippen molar-refractivity contribution in [2.75, 3.05) is 32.8 Å². The summed E-state index contributed by atoms with van der Waals surface area (Å²) in [5, 5.41) is 9.13. The maximum absolute atomic E-state index is 12.4. The number of carbonyl (C=O) groups excluding carboxylic acids is 1. The van der Waals surface area contributed by atoms with Crippen LogP contribution in [0.2, 0.25) is 0 Å². The minimum atomic E-state index is 0.114. The summed E-state index contributed by atoms with van der Waals surface area (Å²) in [4.78, 5) is 16.4. The SMILES string of the molecule is CC1CN(C(=O)CN(CCO)C2CCC2)CC(C)O1. The van der Waals surface area contributed by atoms with Crippen LogP contribution in [0.4, 0.5) is 0 Å². The Morgan fingerprint density at radius 3 is 2.42 bits per heavy atom. The lowest BCUT2D eigenvalue weighted by Gasteiger charge is -2.40. The summed E-state index contributed by atoms with van der Waals surface area (Å²) < 4.78 is 5.65. The molecule has 0 bridgehead atoms. The molecule has 19 heavy (non-hydrogen) atoms. The number of nitrogens with zero attached hydrogens (tertiary/aromatic N) is 2. The van der Waals surface area contributed by atoms with Crippen LogP contribution < -0.4 is 0 Å². The number of aliphatic hydroxyl groups excluding tert-OH is 1. The van der Waals surface area contributed by atoms with Crippen molar-refractivity contribution in [1.29, 1.82) is 0 Å². The van der Waals surface area contributed by atoms with Crippen molar-refractivity contribution in [2.45, 2.75) is 51.4 Å². The maximum atomic E-state index is 12.4. The molecule has 0 aromatic carbocycles. The number of rotatable bonds is 5. The highest BCUT2D eigenvalue weighted by atomic mass is 16.5. The van der Waals surface area contributed by atoms with Crippen molar-refractivity contribution in [3.05, 3.63) is 0 Å². The quantitative estimate of drug-likeness (QED) is 0.789. The smallest absolute Gasteiger partial charge is 0.236 e. The van der Waals surface area contributed by atoms with E-state index in [1.54, 1.807) is 0 Å². The van der Waals surface area contributed by atoms with Crippen LogP contribution in [-0.4, -0.2) is 71.8 Å². The highest BCUT2D eigenvalue weighted by Gasteiger charge is 2.30. The van der Waals surface area contributed by atoms with Gasteiger partial charge in [-0.05, 0) is 26.7 Å².